The van der Waals surface area contributed by atoms with Gasteiger partial charge in [0, 0.05) is 12.1 Å². The van der Waals surface area contributed by atoms with Crippen molar-refractivity contribution in [2.45, 2.75) is 26.7 Å². The van der Waals surface area contributed by atoms with Gasteiger partial charge in [0.25, 0.3) is 5.91 Å². The molecule has 1 aromatic carbocycles. The topological polar surface area (TPSA) is 79.5 Å². The SMILES string of the molecule is CCc1oc(C(=O)Nc2ccc(CC(=O)O)c(F)c2)cc1C. The summed E-state index contributed by atoms with van der Waals surface area (Å²) in [6, 6.07) is 5.51. The van der Waals surface area contributed by atoms with Gasteiger partial charge in [0.1, 0.15) is 11.6 Å². The highest BCUT2D eigenvalue weighted by atomic mass is 19.1. The van der Waals surface area contributed by atoms with Gasteiger partial charge in [-0.05, 0) is 36.2 Å². The molecule has 1 aromatic heterocycles. The fourth-order valence-corrected chi connectivity index (χ4v) is 2.11. The molecule has 0 saturated carbocycles. The van der Waals surface area contributed by atoms with E-state index in [2.05, 4.69) is 5.32 Å². The quantitative estimate of drug-likeness (QED) is 0.889. The van der Waals surface area contributed by atoms with Crippen LogP contribution in [0.1, 0.15) is 34.4 Å². The van der Waals surface area contributed by atoms with Gasteiger partial charge in [0.05, 0.1) is 6.42 Å². The molecule has 0 aliphatic rings. The summed E-state index contributed by atoms with van der Waals surface area (Å²) in [6.07, 6.45) is 0.273. The Morgan fingerprint density at radius 2 is 2.05 bits per heavy atom. The fourth-order valence-electron chi connectivity index (χ4n) is 2.11. The van der Waals surface area contributed by atoms with E-state index in [4.69, 9.17) is 9.52 Å². The monoisotopic (exact) mass is 305 g/mol. The molecule has 22 heavy (non-hydrogen) atoms. The number of nitrogens with one attached hydrogen (secondary N) is 1. The molecule has 0 spiro atoms. The lowest BCUT2D eigenvalue weighted by Crippen LogP contribution is -2.11. The summed E-state index contributed by atoms with van der Waals surface area (Å²) in [5.41, 5.74) is 1.19. The van der Waals surface area contributed by atoms with E-state index in [1.54, 1.807) is 6.07 Å². The number of carbonyl (C=O) groups excluding carboxylic acids is 1. The first-order chi connectivity index (χ1) is 10.4. The Kier molecular flexibility index (Phi) is 4.60. The lowest BCUT2D eigenvalue weighted by atomic mass is 10.1. The molecule has 2 rings (SSSR count). The highest BCUT2D eigenvalue weighted by Gasteiger charge is 2.15. The van der Waals surface area contributed by atoms with Gasteiger partial charge >= 0.3 is 5.97 Å². The molecule has 2 N–H and O–H groups in total. The molecule has 2 aromatic rings. The first kappa shape index (κ1) is 15.8. The molecule has 116 valence electrons. The van der Waals surface area contributed by atoms with E-state index < -0.39 is 24.1 Å². The summed E-state index contributed by atoms with van der Waals surface area (Å²) < 4.78 is 19.2. The van der Waals surface area contributed by atoms with Crippen LogP contribution < -0.4 is 5.32 Å². The smallest absolute Gasteiger partial charge is 0.307 e. The van der Waals surface area contributed by atoms with Crippen molar-refractivity contribution in [3.05, 3.63) is 52.7 Å². The summed E-state index contributed by atoms with van der Waals surface area (Å²) in [5.74, 6) is -1.38. The van der Waals surface area contributed by atoms with Crippen LogP contribution in [0.4, 0.5) is 10.1 Å². The second kappa shape index (κ2) is 6.43. The minimum Gasteiger partial charge on any atom is -0.481 e. The number of rotatable bonds is 5. The summed E-state index contributed by atoms with van der Waals surface area (Å²) in [7, 11) is 0. The van der Waals surface area contributed by atoms with Gasteiger partial charge in [-0.3, -0.25) is 9.59 Å². The summed E-state index contributed by atoms with van der Waals surface area (Å²) >= 11 is 0. The second-order valence-corrected chi connectivity index (χ2v) is 4.90. The zero-order chi connectivity index (χ0) is 16.3. The second-order valence-electron chi connectivity index (χ2n) is 4.90. The van der Waals surface area contributed by atoms with Gasteiger partial charge in [-0.1, -0.05) is 13.0 Å². The van der Waals surface area contributed by atoms with E-state index in [0.717, 1.165) is 17.4 Å². The van der Waals surface area contributed by atoms with Gasteiger partial charge in [-0.2, -0.15) is 0 Å². The number of carboxylic acid groups (broad SMARTS) is 1. The predicted molar refractivity (Wildman–Crippen MR) is 78.5 cm³/mol. The number of halogens is 1. The van der Waals surface area contributed by atoms with Crippen LogP contribution in [0.25, 0.3) is 0 Å². The lowest BCUT2D eigenvalue weighted by molar-refractivity contribution is -0.136. The van der Waals surface area contributed by atoms with Crippen molar-refractivity contribution in [2.75, 3.05) is 5.32 Å². The van der Waals surface area contributed by atoms with Gasteiger partial charge in [-0.15, -0.1) is 0 Å². The molecular weight excluding hydrogens is 289 g/mol. The third-order valence-electron chi connectivity index (χ3n) is 3.22. The third kappa shape index (κ3) is 3.52. The number of carbonyl (C=O) groups is 2. The molecule has 0 radical (unpaired) electrons. The predicted octanol–water partition coefficient (Wildman–Crippen LogP) is 3.17. The Bertz CT molecular complexity index is 721. The number of hydrogen-bond donors (Lipinski definition) is 2. The zero-order valence-electron chi connectivity index (χ0n) is 12.3. The minimum atomic E-state index is -1.12. The number of amides is 1. The van der Waals surface area contributed by atoms with E-state index in [-0.39, 0.29) is 17.0 Å². The molecule has 0 atom stereocenters. The number of carboxylic acids is 1. The maximum atomic E-state index is 13.7. The van der Waals surface area contributed by atoms with Crippen LogP contribution in [0.3, 0.4) is 0 Å². The van der Waals surface area contributed by atoms with E-state index in [9.17, 15) is 14.0 Å². The van der Waals surface area contributed by atoms with Gasteiger partial charge in [-0.25, -0.2) is 4.39 Å². The number of furan rings is 1. The van der Waals surface area contributed by atoms with E-state index in [1.807, 2.05) is 13.8 Å². The van der Waals surface area contributed by atoms with Crippen molar-refractivity contribution in [2.24, 2.45) is 0 Å². The molecule has 0 saturated heterocycles. The van der Waals surface area contributed by atoms with Crippen molar-refractivity contribution in [3.8, 4) is 0 Å². The largest absolute Gasteiger partial charge is 0.481 e. The molecule has 0 unspecified atom stereocenters. The zero-order valence-corrected chi connectivity index (χ0v) is 12.3. The Labute approximate surface area is 126 Å². The summed E-state index contributed by atoms with van der Waals surface area (Å²) in [4.78, 5) is 22.6. The van der Waals surface area contributed by atoms with E-state index in [0.29, 0.717) is 6.42 Å². The molecule has 6 heteroatoms. The van der Waals surface area contributed by atoms with Crippen molar-refractivity contribution in [3.63, 3.8) is 0 Å². The molecule has 0 aliphatic carbocycles. The van der Waals surface area contributed by atoms with Gasteiger partial charge in [0.2, 0.25) is 0 Å². The molecular formula is C16H16FNO4. The maximum absolute atomic E-state index is 13.7. The lowest BCUT2D eigenvalue weighted by Gasteiger charge is -2.06. The standard InChI is InChI=1S/C16H16FNO4/c1-3-13-9(2)6-14(22-13)16(21)18-11-5-4-10(7-15(19)20)12(17)8-11/h4-6,8H,3,7H2,1-2H3,(H,18,21)(H,19,20). The van der Waals surface area contributed by atoms with Crippen LogP contribution in [-0.2, 0) is 17.6 Å². The van der Waals surface area contributed by atoms with Crippen LogP contribution in [0.2, 0.25) is 0 Å². The van der Waals surface area contributed by atoms with Crippen LogP contribution in [-0.4, -0.2) is 17.0 Å². The minimum absolute atomic E-state index is 0.0626. The normalized spacial score (nSPS) is 10.5. The average molecular weight is 305 g/mol. The van der Waals surface area contributed by atoms with Crippen molar-refractivity contribution >= 4 is 17.6 Å². The number of anilines is 1. The van der Waals surface area contributed by atoms with Crippen LogP contribution in [0.15, 0.2) is 28.7 Å². The molecule has 1 heterocycles. The number of aryl methyl sites for hydroxylation is 2. The Morgan fingerprint density at radius 1 is 1.32 bits per heavy atom. The van der Waals surface area contributed by atoms with Crippen LogP contribution >= 0.6 is 0 Å². The molecule has 0 bridgehead atoms. The van der Waals surface area contributed by atoms with E-state index in [1.165, 1.54) is 12.1 Å². The Hall–Kier alpha value is -2.63. The van der Waals surface area contributed by atoms with Crippen molar-refractivity contribution < 1.29 is 23.5 Å². The molecule has 0 fully saturated rings. The Balaban J connectivity index is 2.14. The average Bonchev–Trinajstić information content (AvgIpc) is 2.83. The van der Waals surface area contributed by atoms with Crippen LogP contribution in [0.5, 0.6) is 0 Å². The first-order valence-electron chi connectivity index (χ1n) is 6.81. The molecule has 5 nitrogen and oxygen atoms in total. The van der Waals surface area contributed by atoms with Crippen molar-refractivity contribution in [1.82, 2.24) is 0 Å². The highest BCUT2D eigenvalue weighted by Crippen LogP contribution is 2.19. The maximum Gasteiger partial charge on any atom is 0.307 e. The van der Waals surface area contributed by atoms with E-state index >= 15 is 0 Å². The first-order valence-corrected chi connectivity index (χ1v) is 6.81. The number of aliphatic carboxylic acids is 1. The third-order valence-corrected chi connectivity index (χ3v) is 3.22. The van der Waals surface area contributed by atoms with Gasteiger partial charge < -0.3 is 14.8 Å². The van der Waals surface area contributed by atoms with Crippen LogP contribution in [0, 0.1) is 12.7 Å². The van der Waals surface area contributed by atoms with Crippen molar-refractivity contribution in [1.29, 1.82) is 0 Å². The molecule has 0 aliphatic heterocycles. The summed E-state index contributed by atoms with van der Waals surface area (Å²) in [5, 5.41) is 11.2. The molecule has 1 amide bonds. The highest BCUT2D eigenvalue weighted by molar-refractivity contribution is 6.02. The number of benzene rings is 1. The Morgan fingerprint density at radius 3 is 2.59 bits per heavy atom. The van der Waals surface area contributed by atoms with Gasteiger partial charge in [0.15, 0.2) is 5.76 Å². The number of hydrogen-bond acceptors (Lipinski definition) is 3. The summed E-state index contributed by atoms with van der Waals surface area (Å²) in [6.45, 7) is 3.77. The fraction of sp³-hybridized carbons (Fsp3) is 0.250.